The zero-order valence-corrected chi connectivity index (χ0v) is 15.6. The molecule has 0 saturated carbocycles. The number of hydrogen-bond donors (Lipinski definition) is 1. The summed E-state index contributed by atoms with van der Waals surface area (Å²) in [5.74, 6) is -0.649. The van der Waals surface area contributed by atoms with Gasteiger partial charge in [0.25, 0.3) is 0 Å². The van der Waals surface area contributed by atoms with E-state index in [4.69, 9.17) is 14.6 Å². The predicted molar refractivity (Wildman–Crippen MR) is 94.0 cm³/mol. The fourth-order valence-corrected chi connectivity index (χ4v) is 4.84. The quantitative estimate of drug-likeness (QED) is 0.709. The summed E-state index contributed by atoms with van der Waals surface area (Å²) in [6.45, 7) is -0.393. The molecule has 1 atom stereocenters. The van der Waals surface area contributed by atoms with E-state index < -0.39 is 22.4 Å². The van der Waals surface area contributed by atoms with Crippen LogP contribution in [0.1, 0.15) is 18.4 Å². The highest BCUT2D eigenvalue weighted by Gasteiger charge is 2.31. The van der Waals surface area contributed by atoms with Crippen molar-refractivity contribution in [2.24, 2.45) is 5.92 Å². The molecule has 1 aliphatic rings. The average Bonchev–Trinajstić information content (AvgIpc) is 2.91. The highest BCUT2D eigenvalue weighted by molar-refractivity contribution is 7.91. The highest BCUT2D eigenvalue weighted by Crippen LogP contribution is 2.25. The summed E-state index contributed by atoms with van der Waals surface area (Å²) >= 11 is 0. The van der Waals surface area contributed by atoms with Gasteiger partial charge in [0.2, 0.25) is 5.91 Å². The van der Waals surface area contributed by atoms with Crippen LogP contribution in [0.3, 0.4) is 0 Å². The number of ether oxygens (including phenoxy) is 2. The van der Waals surface area contributed by atoms with Crippen molar-refractivity contribution in [3.63, 3.8) is 0 Å². The molecular weight excluding hydrogens is 362 g/mol. The lowest BCUT2D eigenvalue weighted by atomic mass is 10.0. The molecule has 1 heterocycles. The van der Waals surface area contributed by atoms with E-state index >= 15 is 0 Å². The molecule has 2 rings (SSSR count). The van der Waals surface area contributed by atoms with Gasteiger partial charge in [-0.1, -0.05) is 0 Å². The van der Waals surface area contributed by atoms with E-state index in [1.165, 1.54) is 19.1 Å². The second-order valence-electron chi connectivity index (χ2n) is 6.34. The fourth-order valence-electron chi connectivity index (χ4n) is 2.98. The molecular formula is C17H23NO7S. The second kappa shape index (κ2) is 8.39. The van der Waals surface area contributed by atoms with E-state index in [1.54, 1.807) is 18.2 Å². The Bertz CT molecular complexity index is 753. The van der Waals surface area contributed by atoms with Gasteiger partial charge in [0, 0.05) is 19.0 Å². The monoisotopic (exact) mass is 385 g/mol. The van der Waals surface area contributed by atoms with Crippen molar-refractivity contribution in [2.45, 2.75) is 19.4 Å². The zero-order chi connectivity index (χ0) is 19.3. The summed E-state index contributed by atoms with van der Waals surface area (Å²) in [4.78, 5) is 24.9. The molecule has 1 unspecified atom stereocenters. The van der Waals surface area contributed by atoms with Gasteiger partial charge in [-0.15, -0.1) is 0 Å². The number of benzene rings is 1. The maximum atomic E-state index is 12.6. The van der Waals surface area contributed by atoms with Crippen LogP contribution in [0.4, 0.5) is 0 Å². The van der Waals surface area contributed by atoms with Gasteiger partial charge in [-0.25, -0.2) is 8.42 Å². The standard InChI is InChI=1S/C17H23NO7S/c1-24-14-5-13(6-15(8-14)25-2)9-18(10-17(20)21)16(19)7-12-3-4-26(22,23)11-12/h5-6,8,12H,3-4,7,9-11H2,1-2H3,(H,20,21). The van der Waals surface area contributed by atoms with Crippen molar-refractivity contribution < 1.29 is 32.6 Å². The number of nitrogens with zero attached hydrogens (tertiary/aromatic N) is 1. The van der Waals surface area contributed by atoms with Crippen LogP contribution in [0, 0.1) is 5.92 Å². The van der Waals surface area contributed by atoms with Crippen molar-refractivity contribution in [1.29, 1.82) is 0 Å². The maximum absolute atomic E-state index is 12.6. The van der Waals surface area contributed by atoms with Gasteiger partial charge in [-0.3, -0.25) is 9.59 Å². The molecule has 1 aromatic rings. The molecule has 1 N–H and O–H groups in total. The van der Waals surface area contributed by atoms with Gasteiger partial charge >= 0.3 is 5.97 Å². The van der Waals surface area contributed by atoms with Crippen molar-refractivity contribution in [2.75, 3.05) is 32.3 Å². The Kier molecular flexibility index (Phi) is 6.47. The first-order valence-corrected chi connectivity index (χ1v) is 9.96. The molecule has 0 spiro atoms. The van der Waals surface area contributed by atoms with Crippen LogP contribution in [0.25, 0.3) is 0 Å². The van der Waals surface area contributed by atoms with Crippen LogP contribution in [-0.4, -0.2) is 62.6 Å². The lowest BCUT2D eigenvalue weighted by Crippen LogP contribution is -2.36. The van der Waals surface area contributed by atoms with E-state index in [2.05, 4.69) is 0 Å². The van der Waals surface area contributed by atoms with Crippen LogP contribution in [0.5, 0.6) is 11.5 Å². The Morgan fingerprint density at radius 3 is 2.27 bits per heavy atom. The Morgan fingerprint density at radius 2 is 1.81 bits per heavy atom. The lowest BCUT2D eigenvalue weighted by Gasteiger charge is -2.23. The van der Waals surface area contributed by atoms with Gasteiger partial charge in [-0.05, 0) is 30.0 Å². The van der Waals surface area contributed by atoms with Crippen molar-refractivity contribution in [3.8, 4) is 11.5 Å². The van der Waals surface area contributed by atoms with Gasteiger partial charge in [0.1, 0.15) is 18.0 Å². The average molecular weight is 385 g/mol. The molecule has 1 fully saturated rings. The first-order chi connectivity index (χ1) is 12.2. The van der Waals surface area contributed by atoms with Gasteiger partial charge in [-0.2, -0.15) is 0 Å². The number of carboxylic acids is 1. The molecule has 0 aliphatic carbocycles. The number of sulfone groups is 1. The largest absolute Gasteiger partial charge is 0.497 e. The third kappa shape index (κ3) is 5.62. The van der Waals surface area contributed by atoms with Crippen LogP contribution in [0.2, 0.25) is 0 Å². The lowest BCUT2D eigenvalue weighted by molar-refractivity contribution is -0.145. The third-order valence-electron chi connectivity index (χ3n) is 4.25. The van der Waals surface area contributed by atoms with E-state index in [9.17, 15) is 18.0 Å². The number of aliphatic carboxylic acids is 1. The van der Waals surface area contributed by atoms with Gasteiger partial charge in [0.15, 0.2) is 9.84 Å². The highest BCUT2D eigenvalue weighted by atomic mass is 32.2. The van der Waals surface area contributed by atoms with Crippen LogP contribution >= 0.6 is 0 Å². The Morgan fingerprint density at radius 1 is 1.19 bits per heavy atom. The number of carbonyl (C=O) groups excluding carboxylic acids is 1. The first-order valence-electron chi connectivity index (χ1n) is 8.14. The van der Waals surface area contributed by atoms with Crippen molar-refractivity contribution in [1.82, 2.24) is 4.90 Å². The van der Waals surface area contributed by atoms with E-state index in [0.29, 0.717) is 23.5 Å². The van der Waals surface area contributed by atoms with Gasteiger partial charge in [0.05, 0.1) is 25.7 Å². The zero-order valence-electron chi connectivity index (χ0n) is 14.8. The minimum atomic E-state index is -3.09. The minimum Gasteiger partial charge on any atom is -0.497 e. The molecule has 1 aliphatic heterocycles. The second-order valence-corrected chi connectivity index (χ2v) is 8.57. The smallest absolute Gasteiger partial charge is 0.323 e. The number of carbonyl (C=O) groups is 2. The summed E-state index contributed by atoms with van der Waals surface area (Å²) in [6.07, 6.45) is 0.454. The summed E-state index contributed by atoms with van der Waals surface area (Å²) < 4.78 is 33.5. The molecule has 0 radical (unpaired) electrons. The molecule has 1 aromatic carbocycles. The van der Waals surface area contributed by atoms with E-state index in [-0.39, 0.29) is 36.3 Å². The van der Waals surface area contributed by atoms with Crippen LogP contribution in [0.15, 0.2) is 18.2 Å². The summed E-state index contributed by atoms with van der Waals surface area (Å²) in [5.41, 5.74) is 0.662. The summed E-state index contributed by atoms with van der Waals surface area (Å²) in [6, 6.07) is 5.08. The number of carboxylic acid groups (broad SMARTS) is 1. The maximum Gasteiger partial charge on any atom is 0.323 e. The molecule has 1 amide bonds. The molecule has 144 valence electrons. The summed E-state index contributed by atoms with van der Waals surface area (Å²) in [7, 11) is -0.0883. The predicted octanol–water partition coefficient (Wildman–Crippen LogP) is 0.942. The third-order valence-corrected chi connectivity index (χ3v) is 6.09. The molecule has 0 aromatic heterocycles. The fraction of sp³-hybridized carbons (Fsp3) is 0.529. The molecule has 0 bridgehead atoms. The topological polar surface area (TPSA) is 110 Å². The Hall–Kier alpha value is -2.29. The number of amides is 1. The van der Waals surface area contributed by atoms with Crippen molar-refractivity contribution >= 4 is 21.7 Å². The van der Waals surface area contributed by atoms with Crippen LogP contribution < -0.4 is 9.47 Å². The molecule has 8 nitrogen and oxygen atoms in total. The number of methoxy groups -OCH3 is 2. The number of hydrogen-bond acceptors (Lipinski definition) is 6. The van der Waals surface area contributed by atoms with Crippen molar-refractivity contribution in [3.05, 3.63) is 23.8 Å². The Labute approximate surface area is 152 Å². The Balaban J connectivity index is 2.14. The SMILES string of the molecule is COc1cc(CN(CC(=O)O)C(=O)CC2CCS(=O)(=O)C2)cc(OC)c1. The van der Waals surface area contributed by atoms with Gasteiger partial charge < -0.3 is 19.5 Å². The molecule has 26 heavy (non-hydrogen) atoms. The first kappa shape index (κ1) is 20.0. The van der Waals surface area contributed by atoms with E-state index in [0.717, 1.165) is 0 Å². The number of rotatable bonds is 8. The normalized spacial score (nSPS) is 18.3. The molecule has 1 saturated heterocycles. The van der Waals surface area contributed by atoms with Crippen LogP contribution in [-0.2, 0) is 26.0 Å². The van der Waals surface area contributed by atoms with E-state index in [1.807, 2.05) is 0 Å². The molecule has 9 heteroatoms. The summed E-state index contributed by atoms with van der Waals surface area (Å²) in [5, 5.41) is 9.12. The minimum absolute atomic E-state index is 0.0212.